The third-order valence-electron chi connectivity index (χ3n) is 3.52. The summed E-state index contributed by atoms with van der Waals surface area (Å²) in [5.41, 5.74) is 2.24. The van der Waals surface area contributed by atoms with Gasteiger partial charge in [0.1, 0.15) is 0 Å². The van der Waals surface area contributed by atoms with E-state index in [4.69, 9.17) is 5.11 Å². The Balaban J connectivity index is 2.58. The Labute approximate surface area is 137 Å². The highest BCUT2D eigenvalue weighted by atomic mass is 16.3. The fourth-order valence-electron chi connectivity index (χ4n) is 2.08. The van der Waals surface area contributed by atoms with Crippen LogP contribution in [0.15, 0.2) is 35.9 Å². The van der Waals surface area contributed by atoms with E-state index < -0.39 is 0 Å². The molecule has 1 aromatic carbocycles. The average Bonchev–Trinajstić information content (AvgIpc) is 2.54. The topological polar surface area (TPSA) is 78.4 Å². The molecular weight excluding hydrogens is 292 g/mol. The number of rotatable bonds is 8. The van der Waals surface area contributed by atoms with Crippen LogP contribution in [0.1, 0.15) is 39.2 Å². The van der Waals surface area contributed by atoms with Crippen molar-refractivity contribution in [3.63, 3.8) is 0 Å². The monoisotopic (exact) mass is 318 g/mol. The summed E-state index contributed by atoms with van der Waals surface area (Å²) in [6.45, 7) is 5.62. The molecule has 2 amide bonds. The van der Waals surface area contributed by atoms with Crippen molar-refractivity contribution in [2.45, 2.75) is 46.1 Å². The van der Waals surface area contributed by atoms with Crippen molar-refractivity contribution in [1.82, 2.24) is 5.32 Å². The fourth-order valence-corrected chi connectivity index (χ4v) is 2.08. The van der Waals surface area contributed by atoms with E-state index in [0.717, 1.165) is 12.0 Å². The molecular formula is C18H26N2O3. The maximum Gasteiger partial charge on any atom is 0.250 e. The highest BCUT2D eigenvalue weighted by Gasteiger charge is 2.10. The van der Waals surface area contributed by atoms with Gasteiger partial charge in [0.15, 0.2) is 0 Å². The van der Waals surface area contributed by atoms with E-state index in [9.17, 15) is 9.59 Å². The first-order chi connectivity index (χ1) is 11.0. The number of carbonyl (C=O) groups excluding carboxylic acids is 2. The number of allylic oxidation sites excluding steroid dienone is 1. The molecule has 0 radical (unpaired) electrons. The Kier molecular flexibility index (Phi) is 8.05. The van der Waals surface area contributed by atoms with Gasteiger partial charge in [-0.3, -0.25) is 9.59 Å². The van der Waals surface area contributed by atoms with Crippen LogP contribution in [0.2, 0.25) is 0 Å². The van der Waals surface area contributed by atoms with Crippen molar-refractivity contribution < 1.29 is 14.7 Å². The number of hydrogen-bond donors (Lipinski definition) is 3. The molecule has 23 heavy (non-hydrogen) atoms. The van der Waals surface area contributed by atoms with Crippen molar-refractivity contribution in [1.29, 1.82) is 0 Å². The van der Waals surface area contributed by atoms with Crippen molar-refractivity contribution in [2.75, 3.05) is 11.9 Å². The Bertz CT molecular complexity index is 546. The normalized spacial score (nSPS) is 12.6. The van der Waals surface area contributed by atoms with E-state index in [1.54, 1.807) is 19.1 Å². The smallest absolute Gasteiger partial charge is 0.250 e. The molecule has 0 aliphatic heterocycles. The largest absolute Gasteiger partial charge is 0.394 e. The first-order valence-electron chi connectivity index (χ1n) is 7.97. The summed E-state index contributed by atoms with van der Waals surface area (Å²) >= 11 is 0. The maximum absolute atomic E-state index is 11.9. The van der Waals surface area contributed by atoms with Gasteiger partial charge in [-0.25, -0.2) is 0 Å². The second-order valence-corrected chi connectivity index (χ2v) is 5.48. The van der Waals surface area contributed by atoms with Crippen LogP contribution >= 0.6 is 0 Å². The minimum Gasteiger partial charge on any atom is -0.394 e. The predicted octanol–water partition coefficient (Wildman–Crippen LogP) is 2.41. The molecule has 1 rings (SSSR count). The third kappa shape index (κ3) is 6.65. The Morgan fingerprint density at radius 3 is 2.39 bits per heavy atom. The number of carbonyl (C=O) groups is 2. The number of amides is 2. The van der Waals surface area contributed by atoms with Crippen LogP contribution < -0.4 is 10.6 Å². The predicted molar refractivity (Wildman–Crippen MR) is 92.1 cm³/mol. The molecule has 0 aromatic heterocycles. The molecule has 1 unspecified atom stereocenters. The molecule has 0 saturated heterocycles. The number of benzene rings is 1. The van der Waals surface area contributed by atoms with E-state index in [-0.39, 0.29) is 30.9 Å². The molecule has 5 heteroatoms. The SMILES string of the molecule is CC/C=C(/C)C(=O)Nc1ccc(CC(=O)NC(CC)CO)cc1. The zero-order valence-electron chi connectivity index (χ0n) is 14.1. The van der Waals surface area contributed by atoms with Crippen molar-refractivity contribution in [2.24, 2.45) is 0 Å². The Morgan fingerprint density at radius 1 is 1.22 bits per heavy atom. The summed E-state index contributed by atoms with van der Waals surface area (Å²) in [4.78, 5) is 23.8. The van der Waals surface area contributed by atoms with Gasteiger partial charge >= 0.3 is 0 Å². The molecule has 3 N–H and O–H groups in total. The van der Waals surface area contributed by atoms with Crippen LogP contribution in [0.5, 0.6) is 0 Å². The minimum absolute atomic E-state index is 0.0577. The highest BCUT2D eigenvalue weighted by Crippen LogP contribution is 2.12. The second kappa shape index (κ2) is 9.79. The van der Waals surface area contributed by atoms with E-state index in [1.165, 1.54) is 0 Å². The lowest BCUT2D eigenvalue weighted by Crippen LogP contribution is -2.37. The van der Waals surface area contributed by atoms with Crippen LogP contribution in [0, 0.1) is 0 Å². The van der Waals surface area contributed by atoms with Gasteiger partial charge < -0.3 is 15.7 Å². The Morgan fingerprint density at radius 2 is 1.87 bits per heavy atom. The van der Waals surface area contributed by atoms with Gasteiger partial charge in [0.05, 0.1) is 19.1 Å². The van der Waals surface area contributed by atoms with Gasteiger partial charge in [-0.2, -0.15) is 0 Å². The lowest BCUT2D eigenvalue weighted by atomic mass is 10.1. The first-order valence-corrected chi connectivity index (χ1v) is 7.97. The fraction of sp³-hybridized carbons (Fsp3) is 0.444. The van der Waals surface area contributed by atoms with E-state index in [2.05, 4.69) is 10.6 Å². The third-order valence-corrected chi connectivity index (χ3v) is 3.52. The van der Waals surface area contributed by atoms with Crippen LogP contribution in [0.4, 0.5) is 5.69 Å². The average molecular weight is 318 g/mol. The maximum atomic E-state index is 11.9. The van der Waals surface area contributed by atoms with Gasteiger partial charge in [0.2, 0.25) is 5.91 Å². The molecule has 1 aromatic rings. The summed E-state index contributed by atoms with van der Waals surface area (Å²) in [5.74, 6) is -0.240. The quantitative estimate of drug-likeness (QED) is 0.644. The van der Waals surface area contributed by atoms with Crippen LogP contribution in [0.25, 0.3) is 0 Å². The molecule has 0 heterocycles. The lowest BCUT2D eigenvalue weighted by molar-refractivity contribution is -0.121. The minimum atomic E-state index is -0.200. The summed E-state index contributed by atoms with van der Waals surface area (Å²) in [6, 6.07) is 6.99. The number of aliphatic hydroxyl groups is 1. The summed E-state index contributed by atoms with van der Waals surface area (Å²) in [5, 5.41) is 14.7. The van der Waals surface area contributed by atoms with Gasteiger partial charge in [-0.1, -0.05) is 32.1 Å². The summed E-state index contributed by atoms with van der Waals surface area (Å²) in [6.07, 6.45) is 3.64. The molecule has 0 spiro atoms. The molecule has 0 aliphatic rings. The van der Waals surface area contributed by atoms with E-state index in [1.807, 2.05) is 32.1 Å². The zero-order chi connectivity index (χ0) is 17.2. The number of nitrogens with one attached hydrogen (secondary N) is 2. The van der Waals surface area contributed by atoms with Gasteiger partial charge in [0.25, 0.3) is 5.91 Å². The zero-order valence-corrected chi connectivity index (χ0v) is 14.1. The van der Waals surface area contributed by atoms with Crippen molar-refractivity contribution in [3.8, 4) is 0 Å². The first kappa shape index (κ1) is 18.9. The number of anilines is 1. The van der Waals surface area contributed by atoms with Crippen LogP contribution in [-0.4, -0.2) is 29.6 Å². The number of aliphatic hydroxyl groups excluding tert-OH is 1. The van der Waals surface area contributed by atoms with Gasteiger partial charge in [-0.15, -0.1) is 0 Å². The van der Waals surface area contributed by atoms with Gasteiger partial charge in [-0.05, 0) is 37.5 Å². The molecule has 0 bridgehead atoms. The van der Waals surface area contributed by atoms with E-state index in [0.29, 0.717) is 17.7 Å². The second-order valence-electron chi connectivity index (χ2n) is 5.48. The summed E-state index contributed by atoms with van der Waals surface area (Å²) in [7, 11) is 0. The summed E-state index contributed by atoms with van der Waals surface area (Å²) < 4.78 is 0. The molecule has 0 saturated carbocycles. The highest BCUT2D eigenvalue weighted by molar-refractivity contribution is 6.03. The van der Waals surface area contributed by atoms with Gasteiger partial charge in [0, 0.05) is 11.3 Å². The molecule has 126 valence electrons. The van der Waals surface area contributed by atoms with E-state index >= 15 is 0 Å². The Hall–Kier alpha value is -2.14. The molecule has 0 fully saturated rings. The van der Waals surface area contributed by atoms with Crippen molar-refractivity contribution >= 4 is 17.5 Å². The standard InChI is InChI=1S/C18H26N2O3/c1-4-6-13(3)18(23)20-16-9-7-14(8-10-16)11-17(22)19-15(5-2)12-21/h6-10,15,21H,4-5,11-12H2,1-3H3,(H,19,22)(H,20,23)/b13-6-. The van der Waals surface area contributed by atoms with Crippen LogP contribution in [-0.2, 0) is 16.0 Å². The molecule has 1 atom stereocenters. The molecule has 5 nitrogen and oxygen atoms in total. The van der Waals surface area contributed by atoms with Crippen molar-refractivity contribution in [3.05, 3.63) is 41.5 Å². The van der Waals surface area contributed by atoms with Crippen LogP contribution in [0.3, 0.4) is 0 Å². The molecule has 0 aliphatic carbocycles. The lowest BCUT2D eigenvalue weighted by Gasteiger charge is -2.14. The number of hydrogen-bond acceptors (Lipinski definition) is 3.